The zero-order valence-corrected chi connectivity index (χ0v) is 41.5. The molecule has 3 aromatic carbocycles. The van der Waals surface area contributed by atoms with E-state index in [1.165, 1.54) is 4.90 Å². The van der Waals surface area contributed by atoms with Crippen LogP contribution in [0, 0.1) is 34.5 Å². The summed E-state index contributed by atoms with van der Waals surface area (Å²) in [5.74, 6) is -1.36. The van der Waals surface area contributed by atoms with Crippen molar-refractivity contribution in [3.8, 4) is 22.3 Å². The molecule has 68 heavy (non-hydrogen) atoms. The maximum Gasteiger partial charge on any atom is 0.251 e. The van der Waals surface area contributed by atoms with Gasteiger partial charge in [0.2, 0.25) is 17.7 Å². The molecule has 17 heteroatoms. The number of rotatable bonds is 18. The summed E-state index contributed by atoms with van der Waals surface area (Å²) in [6, 6.07) is 19.2. The van der Waals surface area contributed by atoms with Gasteiger partial charge in [-0.05, 0) is 72.7 Å². The fraction of sp³-hybridized carbons (Fsp3) is 0.471. The van der Waals surface area contributed by atoms with Crippen LogP contribution in [0.4, 0.5) is 0 Å². The number of carbonyl (C=O) groups is 5. The molecule has 2 heterocycles. The maximum atomic E-state index is 14.0. The van der Waals surface area contributed by atoms with Crippen molar-refractivity contribution in [1.29, 1.82) is 5.26 Å². The van der Waals surface area contributed by atoms with Crippen molar-refractivity contribution < 1.29 is 38.6 Å². The molecule has 4 aromatic rings. The van der Waals surface area contributed by atoms with Gasteiger partial charge in [0, 0.05) is 66.7 Å². The Morgan fingerprint density at radius 2 is 1.62 bits per heavy atom. The number of aliphatic hydroxyl groups excluding tert-OH is 1. The second-order valence-electron chi connectivity index (χ2n) is 19.8. The van der Waals surface area contributed by atoms with Crippen molar-refractivity contribution in [2.24, 2.45) is 16.2 Å². The van der Waals surface area contributed by atoms with Crippen LogP contribution in [0.15, 0.2) is 72.2 Å². The number of thiazole rings is 1. The van der Waals surface area contributed by atoms with Crippen LogP contribution in [0.3, 0.4) is 0 Å². The summed E-state index contributed by atoms with van der Waals surface area (Å²) in [5, 5.41) is 31.8. The minimum atomic E-state index is -0.988. The minimum Gasteiger partial charge on any atom is -0.489 e. The topological polar surface area (TPSA) is 212 Å². The van der Waals surface area contributed by atoms with Crippen molar-refractivity contribution in [2.45, 2.75) is 112 Å². The number of hydrogen-bond acceptors (Lipinski definition) is 11. The molecule has 0 spiro atoms. The average molecular weight is 969 g/mol. The number of nitrogens with one attached hydrogen (secondary N) is 4. The van der Waals surface area contributed by atoms with Crippen molar-refractivity contribution in [1.82, 2.24) is 31.2 Å². The standard InChI is InChI=1S/C51H62ClN7O8S/c1-30-41(68-29-56-30)32-13-11-31(12-14-32)26-55-45(64)39-23-36(60)27-59(39)46(65)42(49(2,3)4)57-40(61)28-66-22-10-9-21-54-43(62)33-15-17-34(18-16-33)44(63)58-47-50(5,6)48(51(47,7)8)67-37-20-19-35(25-53)38(52)24-37/h11-20,24,29,36,39,42,47-48,60H,9-10,21-23,26-28H2,1-8H3,(H,54,62)(H,55,64)(H,57,61)(H,58,63)/t36-,39+,42?,47?,48?/m1/s1. The Labute approximate surface area is 407 Å². The molecule has 362 valence electrons. The van der Waals surface area contributed by atoms with Crippen molar-refractivity contribution in [3.05, 3.63) is 105 Å². The van der Waals surface area contributed by atoms with E-state index in [1.54, 1.807) is 59.3 Å². The lowest BCUT2D eigenvalue weighted by molar-refractivity contribution is -0.164. The van der Waals surface area contributed by atoms with Crippen LogP contribution in [-0.2, 0) is 25.7 Å². The van der Waals surface area contributed by atoms with Gasteiger partial charge in [0.1, 0.15) is 36.6 Å². The van der Waals surface area contributed by atoms with Crippen molar-refractivity contribution >= 4 is 52.5 Å². The predicted molar refractivity (Wildman–Crippen MR) is 260 cm³/mol. The van der Waals surface area contributed by atoms with E-state index in [9.17, 15) is 34.3 Å². The number of halogens is 1. The van der Waals surface area contributed by atoms with E-state index in [0.717, 1.165) is 21.7 Å². The van der Waals surface area contributed by atoms with Gasteiger partial charge in [-0.1, -0.05) is 84.3 Å². The Morgan fingerprint density at radius 1 is 0.956 bits per heavy atom. The van der Waals surface area contributed by atoms with Crippen molar-refractivity contribution in [2.75, 3.05) is 26.3 Å². The van der Waals surface area contributed by atoms with Crippen LogP contribution in [0.1, 0.15) is 105 Å². The van der Waals surface area contributed by atoms with Crippen LogP contribution in [0.5, 0.6) is 5.75 Å². The molecule has 0 bridgehead atoms. The Morgan fingerprint density at radius 3 is 2.22 bits per heavy atom. The minimum absolute atomic E-state index is 0.0340. The number of nitriles is 1. The summed E-state index contributed by atoms with van der Waals surface area (Å²) < 4.78 is 11.9. The summed E-state index contributed by atoms with van der Waals surface area (Å²) >= 11 is 7.79. The van der Waals surface area contributed by atoms with E-state index in [0.29, 0.717) is 46.8 Å². The number of aliphatic hydroxyl groups is 1. The number of aromatic nitrogens is 1. The number of ether oxygens (including phenoxy) is 2. The summed E-state index contributed by atoms with van der Waals surface area (Å²) in [6.07, 6.45) is 0.0658. The van der Waals surface area contributed by atoms with E-state index >= 15 is 0 Å². The zero-order chi connectivity index (χ0) is 49.6. The second-order valence-corrected chi connectivity index (χ2v) is 21.1. The number of likely N-dealkylation sites (tertiary alicyclic amines) is 1. The first-order chi connectivity index (χ1) is 32.1. The number of aryl methyl sites for hydroxylation is 1. The van der Waals surface area contributed by atoms with Crippen LogP contribution < -0.4 is 26.0 Å². The lowest BCUT2D eigenvalue weighted by atomic mass is 9.49. The molecule has 1 saturated heterocycles. The molecular formula is C51H62ClN7O8S. The SMILES string of the molecule is Cc1ncsc1-c1ccc(CNC(=O)[C@@H]2C[C@@H](O)CN2C(=O)C(NC(=O)COCCCCNC(=O)c2ccc(C(=O)NC3C(C)(C)C(Oc4ccc(C#N)c(Cl)c4)C3(C)C)cc2)C(C)(C)C)cc1. The zero-order valence-electron chi connectivity index (χ0n) is 39.9. The number of amides is 5. The molecule has 1 aliphatic carbocycles. The van der Waals surface area contributed by atoms with Gasteiger partial charge in [-0.25, -0.2) is 4.98 Å². The Balaban J connectivity index is 0.894. The molecule has 1 saturated carbocycles. The highest BCUT2D eigenvalue weighted by Gasteiger charge is 2.64. The molecule has 1 aromatic heterocycles. The molecule has 0 radical (unpaired) electrons. The molecule has 6 rings (SSSR count). The fourth-order valence-electron chi connectivity index (χ4n) is 9.36. The van der Waals surface area contributed by atoms with Gasteiger partial charge in [0.05, 0.1) is 32.8 Å². The molecule has 2 fully saturated rings. The van der Waals surface area contributed by atoms with Gasteiger partial charge < -0.3 is 40.7 Å². The largest absolute Gasteiger partial charge is 0.489 e. The predicted octanol–water partition coefficient (Wildman–Crippen LogP) is 6.59. The second kappa shape index (κ2) is 21.6. The van der Waals surface area contributed by atoms with E-state index < -0.39 is 46.2 Å². The van der Waals surface area contributed by atoms with Crippen LogP contribution in [0.25, 0.3) is 10.4 Å². The van der Waals surface area contributed by atoms with E-state index in [-0.39, 0.29) is 62.6 Å². The van der Waals surface area contributed by atoms with Gasteiger partial charge in [-0.3, -0.25) is 24.0 Å². The molecule has 5 amide bonds. The third-order valence-corrected chi connectivity index (χ3v) is 14.1. The Bertz CT molecular complexity index is 2500. The van der Waals surface area contributed by atoms with Gasteiger partial charge in [0.25, 0.3) is 11.8 Å². The van der Waals surface area contributed by atoms with E-state index in [1.807, 2.05) is 85.7 Å². The number of unbranched alkanes of at least 4 members (excludes halogenated alkanes) is 1. The first-order valence-corrected chi connectivity index (χ1v) is 24.1. The molecule has 1 aliphatic heterocycles. The molecule has 5 N–H and O–H groups in total. The highest BCUT2D eigenvalue weighted by molar-refractivity contribution is 7.13. The fourth-order valence-corrected chi connectivity index (χ4v) is 10.4. The normalized spacial score (nSPS) is 19.8. The lowest BCUT2D eigenvalue weighted by Gasteiger charge is -2.63. The van der Waals surface area contributed by atoms with E-state index in [4.69, 9.17) is 21.1 Å². The Kier molecular flexibility index (Phi) is 16.4. The van der Waals surface area contributed by atoms with Gasteiger partial charge in [-0.2, -0.15) is 5.26 Å². The monoisotopic (exact) mass is 967 g/mol. The Hall–Kier alpha value is -5.86. The lowest BCUT2D eigenvalue weighted by Crippen LogP contribution is -2.74. The van der Waals surface area contributed by atoms with Gasteiger partial charge >= 0.3 is 0 Å². The molecule has 1 unspecified atom stereocenters. The number of benzene rings is 3. The number of nitrogens with zero attached hydrogens (tertiary/aromatic N) is 3. The highest BCUT2D eigenvalue weighted by atomic mass is 35.5. The molecule has 2 aliphatic rings. The first-order valence-electron chi connectivity index (χ1n) is 22.8. The third kappa shape index (κ3) is 12.0. The number of β-amino-alcohol motifs (C(OH)–C–C–N with tert-alkyl or cyclic N) is 1. The van der Waals surface area contributed by atoms with Crippen molar-refractivity contribution in [3.63, 3.8) is 0 Å². The van der Waals surface area contributed by atoms with Gasteiger partial charge in [0.15, 0.2) is 0 Å². The molecular weight excluding hydrogens is 906 g/mol. The third-order valence-electron chi connectivity index (χ3n) is 12.8. The first kappa shape index (κ1) is 51.5. The quantitative estimate of drug-likeness (QED) is 0.0675. The number of carbonyl (C=O) groups excluding carboxylic acids is 5. The molecule has 3 atom stereocenters. The average Bonchev–Trinajstić information content (AvgIpc) is 3.92. The summed E-state index contributed by atoms with van der Waals surface area (Å²) in [4.78, 5) is 73.5. The summed E-state index contributed by atoms with van der Waals surface area (Å²) in [7, 11) is 0. The van der Waals surface area contributed by atoms with Crippen LogP contribution in [0.2, 0.25) is 5.02 Å². The summed E-state index contributed by atoms with van der Waals surface area (Å²) in [6.45, 7) is 16.0. The van der Waals surface area contributed by atoms with Crippen LogP contribution >= 0.6 is 22.9 Å². The molecule has 15 nitrogen and oxygen atoms in total. The maximum absolute atomic E-state index is 14.0. The number of hydrogen-bond donors (Lipinski definition) is 5. The summed E-state index contributed by atoms with van der Waals surface area (Å²) in [5.41, 5.74) is 4.26. The van der Waals surface area contributed by atoms with Crippen LogP contribution in [-0.4, -0.2) is 101 Å². The highest BCUT2D eigenvalue weighted by Crippen LogP contribution is 2.55. The smallest absolute Gasteiger partial charge is 0.251 e. The van der Waals surface area contributed by atoms with E-state index in [2.05, 4.69) is 26.3 Å². The van der Waals surface area contributed by atoms with Gasteiger partial charge in [-0.15, -0.1) is 11.3 Å².